The van der Waals surface area contributed by atoms with Gasteiger partial charge in [-0.15, -0.1) is 10.2 Å². The zero-order valence-corrected chi connectivity index (χ0v) is 18.1. The molecule has 150 valence electrons. The summed E-state index contributed by atoms with van der Waals surface area (Å²) in [5.41, 5.74) is 3.88. The number of piperazine rings is 1. The number of nitrogens with zero attached hydrogens (tertiary/aromatic N) is 4. The summed E-state index contributed by atoms with van der Waals surface area (Å²) in [5, 5.41) is 8.36. The smallest absolute Gasteiger partial charge is 0.253 e. The summed E-state index contributed by atoms with van der Waals surface area (Å²) in [6.07, 6.45) is 0. The Morgan fingerprint density at radius 1 is 1.03 bits per heavy atom. The van der Waals surface area contributed by atoms with Crippen LogP contribution in [-0.2, 0) is 6.54 Å². The maximum atomic E-state index is 12.8. The summed E-state index contributed by atoms with van der Waals surface area (Å²) >= 11 is 3.51. The van der Waals surface area contributed by atoms with Crippen molar-refractivity contribution >= 4 is 21.8 Å². The summed E-state index contributed by atoms with van der Waals surface area (Å²) in [4.78, 5) is 17.0. The van der Waals surface area contributed by atoms with Crippen LogP contribution >= 0.6 is 15.9 Å². The molecule has 29 heavy (non-hydrogen) atoms. The molecular weight excluding hydrogens is 432 g/mol. The average molecular weight is 455 g/mol. The number of carbonyl (C=O) groups excluding carboxylic acids is 1. The maximum Gasteiger partial charge on any atom is 0.253 e. The maximum absolute atomic E-state index is 12.8. The van der Waals surface area contributed by atoms with E-state index in [4.69, 9.17) is 4.42 Å². The fourth-order valence-corrected chi connectivity index (χ4v) is 4.10. The van der Waals surface area contributed by atoms with Crippen LogP contribution in [-0.4, -0.2) is 52.1 Å². The lowest BCUT2D eigenvalue weighted by Gasteiger charge is -2.34. The topological polar surface area (TPSA) is 62.5 Å². The monoisotopic (exact) mass is 454 g/mol. The fourth-order valence-electron chi connectivity index (χ4n) is 3.64. The SMILES string of the molecule is Cc1cc(C)cc(C(=O)N2CCN(Cc3nnc(-c4ccccc4Br)o3)CC2)c1. The summed E-state index contributed by atoms with van der Waals surface area (Å²) in [6, 6.07) is 13.8. The van der Waals surface area contributed by atoms with E-state index >= 15 is 0 Å². The highest BCUT2D eigenvalue weighted by Gasteiger charge is 2.24. The number of aryl methyl sites for hydroxylation is 2. The Morgan fingerprint density at radius 2 is 1.72 bits per heavy atom. The van der Waals surface area contributed by atoms with Gasteiger partial charge in [-0.3, -0.25) is 9.69 Å². The van der Waals surface area contributed by atoms with Gasteiger partial charge < -0.3 is 9.32 Å². The number of carbonyl (C=O) groups is 1. The van der Waals surface area contributed by atoms with Gasteiger partial charge in [0.1, 0.15) is 0 Å². The first-order chi connectivity index (χ1) is 14.0. The lowest BCUT2D eigenvalue weighted by atomic mass is 10.1. The molecule has 2 heterocycles. The fraction of sp³-hybridized carbons (Fsp3) is 0.318. The molecule has 0 saturated carbocycles. The van der Waals surface area contributed by atoms with Crippen LogP contribution in [0.1, 0.15) is 27.4 Å². The predicted molar refractivity (Wildman–Crippen MR) is 115 cm³/mol. The van der Waals surface area contributed by atoms with Crippen LogP contribution < -0.4 is 0 Å². The van der Waals surface area contributed by atoms with E-state index in [9.17, 15) is 4.79 Å². The van der Waals surface area contributed by atoms with Crippen LogP contribution in [0.5, 0.6) is 0 Å². The van der Waals surface area contributed by atoms with E-state index in [1.807, 2.05) is 55.1 Å². The highest BCUT2D eigenvalue weighted by molar-refractivity contribution is 9.10. The molecule has 0 N–H and O–H groups in total. The molecule has 6 nitrogen and oxygen atoms in total. The van der Waals surface area contributed by atoms with Crippen LogP contribution in [0.15, 0.2) is 51.4 Å². The summed E-state index contributed by atoms with van der Waals surface area (Å²) in [5.74, 6) is 1.20. The van der Waals surface area contributed by atoms with Crippen LogP contribution in [0.25, 0.3) is 11.5 Å². The quantitative estimate of drug-likeness (QED) is 0.594. The lowest BCUT2D eigenvalue weighted by Crippen LogP contribution is -2.48. The highest BCUT2D eigenvalue weighted by Crippen LogP contribution is 2.27. The molecule has 1 aliphatic rings. The van der Waals surface area contributed by atoms with Crippen molar-refractivity contribution < 1.29 is 9.21 Å². The van der Waals surface area contributed by atoms with E-state index in [1.54, 1.807) is 0 Å². The van der Waals surface area contributed by atoms with E-state index in [2.05, 4.69) is 37.1 Å². The van der Waals surface area contributed by atoms with Crippen LogP contribution in [0.4, 0.5) is 0 Å². The zero-order valence-electron chi connectivity index (χ0n) is 16.6. The molecule has 1 saturated heterocycles. The standard InChI is InChI=1S/C22H23BrN4O2/c1-15-11-16(2)13-17(12-15)22(28)27-9-7-26(8-10-27)14-20-24-25-21(29-20)18-5-3-4-6-19(18)23/h3-6,11-13H,7-10,14H2,1-2H3. The second-order valence-corrected chi connectivity index (χ2v) is 8.28. The highest BCUT2D eigenvalue weighted by atomic mass is 79.9. The van der Waals surface area contributed by atoms with Gasteiger partial charge in [0.25, 0.3) is 5.91 Å². The molecule has 4 rings (SSSR count). The van der Waals surface area contributed by atoms with E-state index in [1.165, 1.54) is 0 Å². The third-order valence-electron chi connectivity index (χ3n) is 5.06. The van der Waals surface area contributed by atoms with Gasteiger partial charge in [-0.1, -0.05) is 29.3 Å². The molecule has 0 unspecified atom stereocenters. The Hall–Kier alpha value is -2.51. The van der Waals surface area contributed by atoms with Crippen molar-refractivity contribution in [1.82, 2.24) is 20.0 Å². The number of rotatable bonds is 4. The van der Waals surface area contributed by atoms with E-state index in [-0.39, 0.29) is 5.91 Å². The molecular formula is C22H23BrN4O2. The van der Waals surface area contributed by atoms with E-state index < -0.39 is 0 Å². The molecule has 1 fully saturated rings. The first-order valence-electron chi connectivity index (χ1n) is 9.67. The Bertz CT molecular complexity index is 1000. The van der Waals surface area contributed by atoms with Gasteiger partial charge in [-0.25, -0.2) is 0 Å². The van der Waals surface area contributed by atoms with Gasteiger partial charge >= 0.3 is 0 Å². The Morgan fingerprint density at radius 3 is 2.41 bits per heavy atom. The normalized spacial score (nSPS) is 14.9. The number of halogens is 1. The second kappa shape index (κ2) is 8.47. The molecule has 3 aromatic rings. The molecule has 2 aromatic carbocycles. The zero-order chi connectivity index (χ0) is 20.4. The Balaban J connectivity index is 1.36. The molecule has 0 spiro atoms. The third kappa shape index (κ3) is 4.57. The summed E-state index contributed by atoms with van der Waals surface area (Å²) in [7, 11) is 0. The number of hydrogen-bond acceptors (Lipinski definition) is 5. The molecule has 0 atom stereocenters. The minimum Gasteiger partial charge on any atom is -0.419 e. The predicted octanol–water partition coefficient (Wildman–Crippen LogP) is 4.07. The number of amides is 1. The molecule has 1 aromatic heterocycles. The number of aromatic nitrogens is 2. The van der Waals surface area contributed by atoms with Crippen molar-refractivity contribution in [3.8, 4) is 11.5 Å². The minimum atomic E-state index is 0.102. The van der Waals surface area contributed by atoms with E-state index in [0.29, 0.717) is 31.4 Å². The largest absolute Gasteiger partial charge is 0.419 e. The third-order valence-corrected chi connectivity index (χ3v) is 5.75. The first-order valence-corrected chi connectivity index (χ1v) is 10.5. The molecule has 0 aliphatic carbocycles. The Labute approximate surface area is 178 Å². The molecule has 0 bridgehead atoms. The van der Waals surface area contributed by atoms with Crippen molar-refractivity contribution in [3.63, 3.8) is 0 Å². The van der Waals surface area contributed by atoms with Crippen LogP contribution in [0.3, 0.4) is 0 Å². The molecule has 7 heteroatoms. The van der Waals surface area contributed by atoms with Crippen molar-refractivity contribution in [2.45, 2.75) is 20.4 Å². The number of benzene rings is 2. The van der Waals surface area contributed by atoms with Crippen molar-refractivity contribution in [2.24, 2.45) is 0 Å². The van der Waals surface area contributed by atoms with Crippen LogP contribution in [0, 0.1) is 13.8 Å². The lowest BCUT2D eigenvalue weighted by molar-refractivity contribution is 0.0618. The number of hydrogen-bond donors (Lipinski definition) is 0. The van der Waals surface area contributed by atoms with Crippen molar-refractivity contribution in [3.05, 3.63) is 69.5 Å². The molecule has 1 aliphatic heterocycles. The van der Waals surface area contributed by atoms with Gasteiger partial charge in [-0.2, -0.15) is 0 Å². The second-order valence-electron chi connectivity index (χ2n) is 7.43. The molecule has 0 radical (unpaired) electrons. The van der Waals surface area contributed by atoms with Gasteiger partial charge in [-0.05, 0) is 54.0 Å². The summed E-state index contributed by atoms with van der Waals surface area (Å²) < 4.78 is 6.77. The molecule has 1 amide bonds. The average Bonchev–Trinajstić information content (AvgIpc) is 3.16. The van der Waals surface area contributed by atoms with Gasteiger partial charge in [0.2, 0.25) is 11.8 Å². The van der Waals surface area contributed by atoms with Gasteiger partial charge in [0.15, 0.2) is 0 Å². The summed E-state index contributed by atoms with van der Waals surface area (Å²) in [6.45, 7) is 7.58. The first kappa shape index (κ1) is 19.8. The van der Waals surface area contributed by atoms with Crippen LogP contribution in [0.2, 0.25) is 0 Å². The van der Waals surface area contributed by atoms with Gasteiger partial charge in [0.05, 0.1) is 12.1 Å². The minimum absolute atomic E-state index is 0.102. The van der Waals surface area contributed by atoms with E-state index in [0.717, 1.165) is 39.8 Å². The van der Waals surface area contributed by atoms with Gasteiger partial charge in [0, 0.05) is 36.2 Å². The Kier molecular flexibility index (Phi) is 5.78. The van der Waals surface area contributed by atoms with Crippen molar-refractivity contribution in [2.75, 3.05) is 26.2 Å². The van der Waals surface area contributed by atoms with Crippen molar-refractivity contribution in [1.29, 1.82) is 0 Å².